The number of fused-ring (bicyclic) bond motifs is 1. The lowest BCUT2D eigenvalue weighted by atomic mass is 10.0. The SMILES string of the molecule is Cc1nonc1NC(=O)[C@H]1COc2ccc(Br)cc21. The van der Waals surface area contributed by atoms with E-state index < -0.39 is 0 Å². The standard InChI is InChI=1S/C12H10BrN3O3/c1-6-11(16-19-15-6)14-12(17)9-5-18-10-3-2-7(13)4-8(9)10/h2-4,9H,5H2,1H3,(H,14,16,17)/t9-/m0/s1. The summed E-state index contributed by atoms with van der Waals surface area (Å²) in [7, 11) is 0. The molecule has 3 rings (SSSR count). The van der Waals surface area contributed by atoms with Gasteiger partial charge in [-0.2, -0.15) is 0 Å². The van der Waals surface area contributed by atoms with E-state index in [0.29, 0.717) is 18.1 Å². The van der Waals surface area contributed by atoms with Gasteiger partial charge in [-0.05, 0) is 30.3 Å². The topological polar surface area (TPSA) is 77.3 Å². The molecular weight excluding hydrogens is 314 g/mol. The zero-order valence-corrected chi connectivity index (χ0v) is 11.6. The number of nitrogens with one attached hydrogen (secondary N) is 1. The first-order valence-corrected chi connectivity index (χ1v) is 6.46. The molecule has 19 heavy (non-hydrogen) atoms. The van der Waals surface area contributed by atoms with Gasteiger partial charge in [-0.3, -0.25) is 4.79 Å². The molecule has 98 valence electrons. The van der Waals surface area contributed by atoms with E-state index in [1.54, 1.807) is 6.92 Å². The minimum atomic E-state index is -0.358. The number of hydrogen-bond donors (Lipinski definition) is 1. The van der Waals surface area contributed by atoms with Crippen LogP contribution in [-0.4, -0.2) is 22.8 Å². The number of carbonyl (C=O) groups is 1. The molecule has 1 aliphatic heterocycles. The van der Waals surface area contributed by atoms with Crippen molar-refractivity contribution in [3.05, 3.63) is 33.9 Å². The van der Waals surface area contributed by atoms with Gasteiger partial charge in [0.25, 0.3) is 0 Å². The number of aryl methyl sites for hydroxylation is 1. The van der Waals surface area contributed by atoms with Gasteiger partial charge in [0, 0.05) is 10.0 Å². The van der Waals surface area contributed by atoms with Crippen molar-refractivity contribution in [3.63, 3.8) is 0 Å². The van der Waals surface area contributed by atoms with E-state index in [-0.39, 0.29) is 11.8 Å². The normalized spacial score (nSPS) is 16.8. The third-order valence-electron chi connectivity index (χ3n) is 2.96. The van der Waals surface area contributed by atoms with Crippen LogP contribution in [0.4, 0.5) is 5.82 Å². The molecule has 0 unspecified atom stereocenters. The number of halogens is 1. The fourth-order valence-corrected chi connectivity index (χ4v) is 2.33. The summed E-state index contributed by atoms with van der Waals surface area (Å²) < 4.78 is 11.0. The Hall–Kier alpha value is -1.89. The van der Waals surface area contributed by atoms with Crippen LogP contribution in [0.25, 0.3) is 0 Å². The van der Waals surface area contributed by atoms with Crippen LogP contribution in [0.15, 0.2) is 27.3 Å². The average Bonchev–Trinajstić information content (AvgIpc) is 2.96. The Labute approximate surface area is 117 Å². The predicted molar refractivity (Wildman–Crippen MR) is 70.0 cm³/mol. The first-order valence-electron chi connectivity index (χ1n) is 5.67. The Balaban J connectivity index is 1.83. The van der Waals surface area contributed by atoms with Crippen LogP contribution in [0.2, 0.25) is 0 Å². The third kappa shape index (κ3) is 2.21. The zero-order chi connectivity index (χ0) is 13.4. The van der Waals surface area contributed by atoms with Crippen molar-refractivity contribution in [3.8, 4) is 5.75 Å². The highest BCUT2D eigenvalue weighted by Gasteiger charge is 2.31. The summed E-state index contributed by atoms with van der Waals surface area (Å²) in [5.41, 5.74) is 1.41. The summed E-state index contributed by atoms with van der Waals surface area (Å²) in [5, 5.41) is 9.94. The van der Waals surface area contributed by atoms with Crippen molar-refractivity contribution in [1.29, 1.82) is 0 Å². The number of anilines is 1. The van der Waals surface area contributed by atoms with E-state index >= 15 is 0 Å². The molecule has 1 aliphatic rings. The molecule has 0 saturated carbocycles. The first-order chi connectivity index (χ1) is 9.15. The Kier molecular flexibility index (Phi) is 2.98. The molecule has 1 aromatic heterocycles. The fourth-order valence-electron chi connectivity index (χ4n) is 1.95. The third-order valence-corrected chi connectivity index (χ3v) is 3.46. The lowest BCUT2D eigenvalue weighted by molar-refractivity contribution is -0.117. The van der Waals surface area contributed by atoms with E-state index in [2.05, 4.69) is 36.2 Å². The lowest BCUT2D eigenvalue weighted by Crippen LogP contribution is -2.22. The van der Waals surface area contributed by atoms with Gasteiger partial charge in [0.1, 0.15) is 24.0 Å². The number of hydrogen-bond acceptors (Lipinski definition) is 5. The summed E-state index contributed by atoms with van der Waals surface area (Å²) >= 11 is 3.39. The molecule has 2 heterocycles. The van der Waals surface area contributed by atoms with Crippen molar-refractivity contribution in [2.75, 3.05) is 11.9 Å². The van der Waals surface area contributed by atoms with Gasteiger partial charge in [0.05, 0.1) is 0 Å². The molecule has 0 saturated heterocycles. The van der Waals surface area contributed by atoms with E-state index in [9.17, 15) is 4.79 Å². The molecule has 0 spiro atoms. The van der Waals surface area contributed by atoms with Crippen LogP contribution < -0.4 is 10.1 Å². The van der Waals surface area contributed by atoms with E-state index in [4.69, 9.17) is 4.74 Å². The number of benzene rings is 1. The number of amides is 1. The van der Waals surface area contributed by atoms with E-state index in [1.807, 2.05) is 18.2 Å². The molecule has 0 bridgehead atoms. The van der Waals surface area contributed by atoms with Crippen molar-refractivity contribution in [1.82, 2.24) is 10.3 Å². The van der Waals surface area contributed by atoms with Crippen LogP contribution in [0, 0.1) is 6.92 Å². The number of aromatic nitrogens is 2. The Morgan fingerprint density at radius 3 is 3.05 bits per heavy atom. The molecule has 6 nitrogen and oxygen atoms in total. The van der Waals surface area contributed by atoms with Gasteiger partial charge in [-0.15, -0.1) is 0 Å². The second-order valence-electron chi connectivity index (χ2n) is 4.23. The molecule has 1 aromatic carbocycles. The first kappa shape index (κ1) is 12.2. The average molecular weight is 324 g/mol. The largest absolute Gasteiger partial charge is 0.492 e. The van der Waals surface area contributed by atoms with Crippen LogP contribution >= 0.6 is 15.9 Å². The van der Waals surface area contributed by atoms with E-state index in [1.165, 1.54) is 0 Å². The molecule has 1 N–H and O–H groups in total. The van der Waals surface area contributed by atoms with E-state index in [0.717, 1.165) is 15.8 Å². The highest BCUT2D eigenvalue weighted by atomic mass is 79.9. The molecule has 2 aromatic rings. The number of carbonyl (C=O) groups excluding carboxylic acids is 1. The maximum atomic E-state index is 12.2. The lowest BCUT2D eigenvalue weighted by Gasteiger charge is -2.08. The summed E-state index contributed by atoms with van der Waals surface area (Å²) in [6.07, 6.45) is 0. The Morgan fingerprint density at radius 2 is 2.32 bits per heavy atom. The molecule has 0 radical (unpaired) electrons. The van der Waals surface area contributed by atoms with Gasteiger partial charge >= 0.3 is 0 Å². The van der Waals surface area contributed by atoms with Gasteiger partial charge < -0.3 is 10.1 Å². The Bertz CT molecular complexity index is 641. The van der Waals surface area contributed by atoms with Gasteiger partial charge in [0.2, 0.25) is 5.91 Å². The van der Waals surface area contributed by atoms with Gasteiger partial charge in [-0.1, -0.05) is 21.1 Å². The van der Waals surface area contributed by atoms with Crippen LogP contribution in [-0.2, 0) is 4.79 Å². The number of nitrogens with zero attached hydrogens (tertiary/aromatic N) is 2. The second-order valence-corrected chi connectivity index (χ2v) is 5.15. The smallest absolute Gasteiger partial charge is 0.236 e. The fraction of sp³-hybridized carbons (Fsp3) is 0.250. The number of ether oxygens (including phenoxy) is 1. The highest BCUT2D eigenvalue weighted by Crippen LogP contribution is 2.36. The predicted octanol–water partition coefficient (Wildman–Crippen LogP) is 2.26. The molecule has 1 atom stereocenters. The van der Waals surface area contributed by atoms with Crippen molar-refractivity contribution in [2.24, 2.45) is 0 Å². The van der Waals surface area contributed by atoms with Gasteiger partial charge in [0.15, 0.2) is 5.82 Å². The second kappa shape index (κ2) is 4.65. The molecule has 7 heteroatoms. The maximum Gasteiger partial charge on any atom is 0.236 e. The minimum Gasteiger partial charge on any atom is -0.492 e. The van der Waals surface area contributed by atoms with Crippen molar-refractivity contribution < 1.29 is 14.2 Å². The summed E-state index contributed by atoms with van der Waals surface area (Å²) in [6.45, 7) is 2.03. The van der Waals surface area contributed by atoms with Crippen LogP contribution in [0.5, 0.6) is 5.75 Å². The quantitative estimate of drug-likeness (QED) is 0.917. The maximum absolute atomic E-state index is 12.2. The molecule has 1 amide bonds. The minimum absolute atomic E-state index is 0.185. The summed E-state index contributed by atoms with van der Waals surface area (Å²) in [4.78, 5) is 12.2. The molecule has 0 fully saturated rings. The summed E-state index contributed by atoms with van der Waals surface area (Å²) in [5.74, 6) is 0.533. The number of rotatable bonds is 2. The summed E-state index contributed by atoms with van der Waals surface area (Å²) in [6, 6.07) is 5.61. The Morgan fingerprint density at radius 1 is 1.47 bits per heavy atom. The van der Waals surface area contributed by atoms with Crippen molar-refractivity contribution >= 4 is 27.7 Å². The van der Waals surface area contributed by atoms with Crippen molar-refractivity contribution in [2.45, 2.75) is 12.8 Å². The van der Waals surface area contributed by atoms with Crippen LogP contribution in [0.3, 0.4) is 0 Å². The molecule has 0 aliphatic carbocycles. The highest BCUT2D eigenvalue weighted by molar-refractivity contribution is 9.10. The monoisotopic (exact) mass is 323 g/mol. The van der Waals surface area contributed by atoms with Crippen LogP contribution in [0.1, 0.15) is 17.2 Å². The van der Waals surface area contributed by atoms with Gasteiger partial charge in [-0.25, -0.2) is 4.63 Å². The molecular formula is C12H10BrN3O3. The zero-order valence-electron chi connectivity index (χ0n) is 10.0.